The Labute approximate surface area is 193 Å². The molecular weight excluding hydrogens is 474 g/mol. The summed E-state index contributed by atoms with van der Waals surface area (Å²) in [5, 5.41) is 5.30. The van der Waals surface area contributed by atoms with Crippen LogP contribution in [-0.4, -0.2) is 19.4 Å². The Hall–Kier alpha value is -2.19. The third-order valence-corrected chi connectivity index (χ3v) is 7.07. The maximum atomic E-state index is 13.0. The van der Waals surface area contributed by atoms with E-state index < -0.39 is 16.1 Å². The van der Waals surface area contributed by atoms with Gasteiger partial charge in [0, 0.05) is 45.1 Å². The second-order valence-corrected chi connectivity index (χ2v) is 11.2. The molecule has 0 aliphatic rings. The fraction of sp³-hybridized carbons (Fsp3) is 0.250. The predicted molar refractivity (Wildman–Crippen MR) is 129 cm³/mol. The molecule has 4 rings (SSSR count). The summed E-state index contributed by atoms with van der Waals surface area (Å²) in [4.78, 5) is 4.49. The number of hydrogen-bond donors (Lipinski definition) is 1. The maximum absolute atomic E-state index is 13.0. The van der Waals surface area contributed by atoms with Gasteiger partial charge in [0.2, 0.25) is 0 Å². The highest BCUT2D eigenvalue weighted by Gasteiger charge is 2.31. The van der Waals surface area contributed by atoms with Crippen molar-refractivity contribution in [1.29, 1.82) is 0 Å². The lowest BCUT2D eigenvalue weighted by molar-refractivity contribution is 0.459. The highest BCUT2D eigenvalue weighted by Crippen LogP contribution is 2.35. The summed E-state index contributed by atoms with van der Waals surface area (Å²) in [7, 11) is 0. The number of pyridine rings is 1. The topological polar surface area (TPSA) is 74.0 Å². The SMILES string of the molecule is CC(C)(C)[S@+]([O-])N[C@@H](Cc1ccccn1)c1ccccc1-c1noc2cc(Br)ccc12. The molecule has 0 bridgehead atoms. The van der Waals surface area contributed by atoms with Gasteiger partial charge in [-0.2, -0.15) is 0 Å². The molecule has 0 spiro atoms. The monoisotopic (exact) mass is 497 g/mol. The van der Waals surface area contributed by atoms with E-state index in [2.05, 4.69) is 36.9 Å². The molecule has 0 saturated heterocycles. The standard InChI is InChI=1S/C24H24BrN3O2S/c1-24(2,3)31(29)28-21(15-17-8-6-7-13-26-17)18-9-4-5-10-19(18)23-20-12-11-16(25)14-22(20)30-27-23/h4-14,21,28H,15H2,1-3H3/t21-,31-/m0/s1. The molecule has 0 unspecified atom stereocenters. The molecule has 0 fully saturated rings. The van der Waals surface area contributed by atoms with Crippen molar-refractivity contribution in [2.45, 2.75) is 38.0 Å². The minimum atomic E-state index is -1.25. The van der Waals surface area contributed by atoms with Crippen molar-refractivity contribution in [1.82, 2.24) is 14.9 Å². The van der Waals surface area contributed by atoms with Gasteiger partial charge < -0.3 is 9.08 Å². The Morgan fingerprint density at radius 2 is 1.87 bits per heavy atom. The molecule has 31 heavy (non-hydrogen) atoms. The second kappa shape index (κ2) is 9.12. The number of nitrogens with one attached hydrogen (secondary N) is 1. The highest BCUT2D eigenvalue weighted by molar-refractivity contribution is 9.10. The summed E-state index contributed by atoms with van der Waals surface area (Å²) in [6.45, 7) is 5.88. The molecule has 2 heterocycles. The summed E-state index contributed by atoms with van der Waals surface area (Å²) in [6.07, 6.45) is 2.38. The first-order chi connectivity index (χ1) is 14.8. The Bertz CT molecular complexity index is 1170. The van der Waals surface area contributed by atoms with Gasteiger partial charge >= 0.3 is 0 Å². The Morgan fingerprint density at radius 1 is 1.10 bits per heavy atom. The van der Waals surface area contributed by atoms with E-state index in [0.29, 0.717) is 12.0 Å². The maximum Gasteiger partial charge on any atom is 0.168 e. The first-order valence-corrected chi connectivity index (χ1v) is 12.0. The third kappa shape index (κ3) is 5.01. The van der Waals surface area contributed by atoms with Crippen LogP contribution in [0.15, 0.2) is 75.9 Å². The highest BCUT2D eigenvalue weighted by atomic mass is 79.9. The minimum Gasteiger partial charge on any atom is -0.598 e. The first kappa shape index (κ1) is 22.0. The largest absolute Gasteiger partial charge is 0.598 e. The minimum absolute atomic E-state index is 0.214. The van der Waals surface area contributed by atoms with Crippen LogP contribution in [0, 0.1) is 0 Å². The van der Waals surface area contributed by atoms with Crippen LogP contribution in [0.25, 0.3) is 22.2 Å². The lowest BCUT2D eigenvalue weighted by Crippen LogP contribution is -2.42. The number of nitrogens with zero attached hydrogens (tertiary/aromatic N) is 2. The molecule has 7 heteroatoms. The molecular formula is C24H24BrN3O2S. The van der Waals surface area contributed by atoms with Crippen LogP contribution in [0.3, 0.4) is 0 Å². The number of hydrogen-bond acceptors (Lipinski definition) is 5. The molecule has 0 saturated carbocycles. The molecule has 0 aliphatic heterocycles. The predicted octanol–water partition coefficient (Wildman–Crippen LogP) is 5.99. The van der Waals surface area contributed by atoms with Gasteiger partial charge in [-0.3, -0.25) is 4.98 Å². The summed E-state index contributed by atoms with van der Waals surface area (Å²) >= 11 is 2.23. The quantitative estimate of drug-likeness (QED) is 0.331. The van der Waals surface area contributed by atoms with E-state index in [1.54, 1.807) is 6.20 Å². The molecule has 0 radical (unpaired) electrons. The van der Waals surface area contributed by atoms with Crippen LogP contribution in [0.2, 0.25) is 0 Å². The van der Waals surface area contributed by atoms with Crippen molar-refractivity contribution in [3.8, 4) is 11.3 Å². The van der Waals surface area contributed by atoms with E-state index in [1.165, 1.54) is 0 Å². The summed E-state index contributed by atoms with van der Waals surface area (Å²) in [5.74, 6) is 0. The molecule has 1 N–H and O–H groups in total. The van der Waals surface area contributed by atoms with Gasteiger partial charge in [0.15, 0.2) is 5.58 Å². The molecule has 0 aliphatic carbocycles. The van der Waals surface area contributed by atoms with Gasteiger partial charge in [-0.1, -0.05) is 51.4 Å². The van der Waals surface area contributed by atoms with Gasteiger partial charge in [0.05, 0.1) is 6.04 Å². The Balaban J connectivity index is 1.79. The van der Waals surface area contributed by atoms with Crippen LogP contribution in [0.4, 0.5) is 0 Å². The zero-order chi connectivity index (χ0) is 22.0. The van der Waals surface area contributed by atoms with Gasteiger partial charge in [-0.25, -0.2) is 0 Å². The summed E-state index contributed by atoms with van der Waals surface area (Å²) < 4.78 is 22.5. The van der Waals surface area contributed by atoms with Crippen LogP contribution < -0.4 is 4.72 Å². The van der Waals surface area contributed by atoms with Gasteiger partial charge in [-0.15, -0.1) is 4.72 Å². The van der Waals surface area contributed by atoms with Gasteiger partial charge in [-0.05, 0) is 56.7 Å². The number of aromatic nitrogens is 2. The average Bonchev–Trinajstić information content (AvgIpc) is 3.16. The van der Waals surface area contributed by atoms with Crippen LogP contribution in [0.5, 0.6) is 0 Å². The third-order valence-electron chi connectivity index (χ3n) is 4.97. The number of rotatable bonds is 6. The van der Waals surface area contributed by atoms with E-state index in [4.69, 9.17) is 4.52 Å². The van der Waals surface area contributed by atoms with Crippen molar-refractivity contribution in [2.75, 3.05) is 0 Å². The van der Waals surface area contributed by atoms with Gasteiger partial charge in [0.25, 0.3) is 0 Å². The molecule has 2 aromatic heterocycles. The van der Waals surface area contributed by atoms with E-state index in [0.717, 1.165) is 32.4 Å². The Kier molecular flexibility index (Phi) is 6.48. The van der Waals surface area contributed by atoms with Crippen LogP contribution in [-0.2, 0) is 17.8 Å². The number of halogens is 1. The van der Waals surface area contributed by atoms with E-state index in [-0.39, 0.29) is 6.04 Å². The van der Waals surface area contributed by atoms with Crippen LogP contribution in [0.1, 0.15) is 38.1 Å². The molecule has 2 atom stereocenters. The van der Waals surface area contributed by atoms with Gasteiger partial charge in [0.1, 0.15) is 10.4 Å². The first-order valence-electron chi connectivity index (χ1n) is 10.0. The second-order valence-electron chi connectivity index (χ2n) is 8.34. The summed E-state index contributed by atoms with van der Waals surface area (Å²) in [6, 6.07) is 19.6. The fourth-order valence-corrected chi connectivity index (χ4v) is 4.53. The molecule has 5 nitrogen and oxygen atoms in total. The van der Waals surface area contributed by atoms with E-state index >= 15 is 0 Å². The zero-order valence-corrected chi connectivity index (χ0v) is 20.0. The van der Waals surface area contributed by atoms with E-state index in [9.17, 15) is 4.55 Å². The molecule has 2 aromatic carbocycles. The van der Waals surface area contributed by atoms with Crippen LogP contribution >= 0.6 is 15.9 Å². The number of fused-ring (bicyclic) bond motifs is 1. The fourth-order valence-electron chi connectivity index (χ4n) is 3.37. The van der Waals surface area contributed by atoms with Crippen molar-refractivity contribution >= 4 is 38.3 Å². The average molecular weight is 498 g/mol. The van der Waals surface area contributed by atoms with Crippen molar-refractivity contribution in [2.24, 2.45) is 0 Å². The Morgan fingerprint density at radius 3 is 2.61 bits per heavy atom. The zero-order valence-electron chi connectivity index (χ0n) is 17.6. The molecule has 160 valence electrons. The smallest absolute Gasteiger partial charge is 0.168 e. The number of benzene rings is 2. The lowest BCUT2D eigenvalue weighted by Gasteiger charge is -2.29. The van der Waals surface area contributed by atoms with Crippen molar-refractivity contribution in [3.05, 3.63) is 82.6 Å². The molecule has 0 amide bonds. The normalized spacial score (nSPS) is 14.0. The van der Waals surface area contributed by atoms with E-state index in [1.807, 2.05) is 75.4 Å². The summed E-state index contributed by atoms with van der Waals surface area (Å²) in [5.41, 5.74) is 4.36. The van der Waals surface area contributed by atoms with Crippen molar-refractivity contribution in [3.63, 3.8) is 0 Å². The van der Waals surface area contributed by atoms with Crippen molar-refractivity contribution < 1.29 is 9.08 Å². The molecule has 4 aromatic rings. The lowest BCUT2D eigenvalue weighted by atomic mass is 9.94.